The Balaban J connectivity index is 2.24. The number of methoxy groups -OCH3 is 1. The lowest BCUT2D eigenvalue weighted by Crippen LogP contribution is -2.40. The van der Waals surface area contributed by atoms with E-state index in [1.165, 1.54) is 0 Å². The van der Waals surface area contributed by atoms with Crippen LogP contribution in [0, 0.1) is 0 Å². The Labute approximate surface area is 141 Å². The summed E-state index contributed by atoms with van der Waals surface area (Å²) in [5, 5.41) is 7.82. The third kappa shape index (κ3) is 4.21. The fourth-order valence-corrected chi connectivity index (χ4v) is 3.34. The van der Waals surface area contributed by atoms with E-state index in [-0.39, 0.29) is 22.3 Å². The normalized spacial score (nSPS) is 21.3. The number of amides is 1. The summed E-state index contributed by atoms with van der Waals surface area (Å²) in [6, 6.07) is 3.44. The molecule has 1 amide bonds. The lowest BCUT2D eigenvalue weighted by molar-refractivity contribution is 0.0938. The molecule has 8 heteroatoms. The molecule has 0 radical (unpaired) electrons. The third-order valence-electron chi connectivity index (χ3n) is 4.04. The SMILES string of the molecule is [2H]C([2H])([2H])Oc1ccc(S(N)(=O)=O)cc1C(=O)NC[C@@H]1CCCN1CC. The molecule has 1 aliphatic heterocycles. The predicted octanol–water partition coefficient (Wildman–Crippen LogP) is 0.557. The number of hydrogen-bond donors (Lipinski definition) is 2. The molecule has 128 valence electrons. The van der Waals surface area contributed by atoms with Crippen LogP contribution in [0.2, 0.25) is 0 Å². The van der Waals surface area contributed by atoms with Crippen molar-refractivity contribution in [2.24, 2.45) is 5.14 Å². The molecule has 0 aromatic heterocycles. The zero-order valence-corrected chi connectivity index (χ0v) is 13.7. The summed E-state index contributed by atoms with van der Waals surface area (Å²) in [5.74, 6) is -0.841. The molecule has 2 rings (SSSR count). The van der Waals surface area contributed by atoms with E-state index < -0.39 is 23.0 Å². The number of hydrogen-bond acceptors (Lipinski definition) is 5. The maximum absolute atomic E-state index is 12.6. The number of ether oxygens (including phenoxy) is 1. The van der Waals surface area contributed by atoms with E-state index in [1.807, 2.05) is 6.92 Å². The van der Waals surface area contributed by atoms with Crippen LogP contribution in [0.15, 0.2) is 23.1 Å². The number of nitrogens with one attached hydrogen (secondary N) is 1. The molecule has 1 saturated heterocycles. The van der Waals surface area contributed by atoms with Gasteiger partial charge in [-0.3, -0.25) is 9.69 Å². The van der Waals surface area contributed by atoms with Gasteiger partial charge >= 0.3 is 0 Å². The van der Waals surface area contributed by atoms with Gasteiger partial charge in [-0.05, 0) is 44.1 Å². The number of primary sulfonamides is 1. The first kappa shape index (κ1) is 13.8. The minimum Gasteiger partial charge on any atom is -0.496 e. The zero-order valence-electron chi connectivity index (χ0n) is 15.9. The van der Waals surface area contributed by atoms with Gasteiger partial charge < -0.3 is 10.1 Å². The molecule has 1 aromatic rings. The maximum atomic E-state index is 12.6. The minimum absolute atomic E-state index is 0.186. The second-order valence-corrected chi connectivity index (χ2v) is 7.00. The van der Waals surface area contributed by atoms with Crippen LogP contribution in [0.1, 0.15) is 34.2 Å². The fourth-order valence-electron chi connectivity index (χ4n) is 2.80. The van der Waals surface area contributed by atoms with Gasteiger partial charge in [-0.25, -0.2) is 13.6 Å². The molecule has 1 heterocycles. The predicted molar refractivity (Wildman–Crippen MR) is 87.0 cm³/mol. The summed E-state index contributed by atoms with van der Waals surface area (Å²) in [6.07, 6.45) is 1.99. The lowest BCUT2D eigenvalue weighted by atomic mass is 10.1. The smallest absolute Gasteiger partial charge is 0.255 e. The monoisotopic (exact) mass is 344 g/mol. The largest absolute Gasteiger partial charge is 0.496 e. The Hall–Kier alpha value is -1.64. The van der Waals surface area contributed by atoms with Gasteiger partial charge in [-0.1, -0.05) is 6.92 Å². The Morgan fingerprint density at radius 1 is 1.57 bits per heavy atom. The highest BCUT2D eigenvalue weighted by molar-refractivity contribution is 7.89. The van der Waals surface area contributed by atoms with Crippen LogP contribution in [-0.2, 0) is 10.0 Å². The van der Waals surface area contributed by atoms with E-state index in [9.17, 15) is 13.2 Å². The van der Waals surface area contributed by atoms with Gasteiger partial charge in [0.25, 0.3) is 5.91 Å². The number of carbonyl (C=O) groups is 1. The number of likely N-dealkylation sites (tertiary alicyclic amines) is 1. The molecule has 0 spiro atoms. The topological polar surface area (TPSA) is 102 Å². The van der Waals surface area contributed by atoms with Gasteiger partial charge in [0.2, 0.25) is 10.0 Å². The van der Waals surface area contributed by atoms with Gasteiger partial charge in [0.15, 0.2) is 0 Å². The molecule has 23 heavy (non-hydrogen) atoms. The molecule has 1 aromatic carbocycles. The van der Waals surface area contributed by atoms with Crippen LogP contribution >= 0.6 is 0 Å². The van der Waals surface area contributed by atoms with Crippen LogP contribution < -0.4 is 15.2 Å². The summed E-state index contributed by atoms with van der Waals surface area (Å²) in [6.45, 7) is 4.25. The van der Waals surface area contributed by atoms with E-state index >= 15 is 0 Å². The molecular formula is C15H23N3O4S. The zero-order chi connectivity index (χ0) is 19.5. The summed E-state index contributed by atoms with van der Waals surface area (Å²) in [7, 11) is -6.82. The van der Waals surface area contributed by atoms with E-state index in [0.29, 0.717) is 6.54 Å². The highest BCUT2D eigenvalue weighted by atomic mass is 32.2. The molecule has 0 aliphatic carbocycles. The van der Waals surface area contributed by atoms with Crippen LogP contribution in [0.4, 0.5) is 0 Å². The van der Waals surface area contributed by atoms with Crippen molar-refractivity contribution in [1.82, 2.24) is 10.2 Å². The molecule has 0 saturated carbocycles. The van der Waals surface area contributed by atoms with Crippen LogP contribution in [0.5, 0.6) is 5.75 Å². The summed E-state index contributed by atoms with van der Waals surface area (Å²) < 4.78 is 49.5. The number of nitrogens with two attached hydrogens (primary N) is 1. The van der Waals surface area contributed by atoms with Gasteiger partial charge in [0, 0.05) is 12.6 Å². The molecule has 1 atom stereocenters. The van der Waals surface area contributed by atoms with Gasteiger partial charge in [-0.2, -0.15) is 0 Å². The number of likely N-dealkylation sites (N-methyl/N-ethyl adjacent to an activating group) is 1. The Morgan fingerprint density at radius 2 is 2.35 bits per heavy atom. The van der Waals surface area contributed by atoms with Crippen molar-refractivity contribution in [3.05, 3.63) is 23.8 Å². The van der Waals surface area contributed by atoms with Crippen molar-refractivity contribution in [1.29, 1.82) is 0 Å². The first-order valence-corrected chi connectivity index (χ1v) is 8.94. The second kappa shape index (κ2) is 7.29. The molecule has 1 fully saturated rings. The van der Waals surface area contributed by atoms with Crippen molar-refractivity contribution < 1.29 is 22.1 Å². The Kier molecular flexibility index (Phi) is 4.36. The van der Waals surface area contributed by atoms with Crippen LogP contribution in [0.25, 0.3) is 0 Å². The first-order valence-electron chi connectivity index (χ1n) is 8.89. The number of sulfonamides is 1. The van der Waals surface area contributed by atoms with Crippen molar-refractivity contribution >= 4 is 15.9 Å². The van der Waals surface area contributed by atoms with Crippen LogP contribution in [0.3, 0.4) is 0 Å². The summed E-state index contributed by atoms with van der Waals surface area (Å²) in [4.78, 5) is 14.5. The van der Waals surface area contributed by atoms with Crippen molar-refractivity contribution in [3.63, 3.8) is 0 Å². The van der Waals surface area contributed by atoms with Crippen molar-refractivity contribution in [2.75, 3.05) is 26.7 Å². The molecule has 1 aliphatic rings. The van der Waals surface area contributed by atoms with Gasteiger partial charge in [-0.15, -0.1) is 0 Å². The molecule has 3 N–H and O–H groups in total. The van der Waals surface area contributed by atoms with Gasteiger partial charge in [0.1, 0.15) is 5.75 Å². The maximum Gasteiger partial charge on any atom is 0.255 e. The number of carbonyl (C=O) groups excluding carboxylic acids is 1. The van der Waals surface area contributed by atoms with E-state index in [4.69, 9.17) is 14.0 Å². The van der Waals surface area contributed by atoms with E-state index in [0.717, 1.165) is 44.1 Å². The average Bonchev–Trinajstić information content (AvgIpc) is 2.97. The Morgan fingerprint density at radius 3 is 3.00 bits per heavy atom. The number of benzene rings is 1. The average molecular weight is 344 g/mol. The molecule has 0 unspecified atom stereocenters. The summed E-state index contributed by atoms with van der Waals surface area (Å²) in [5.41, 5.74) is -0.186. The quantitative estimate of drug-likeness (QED) is 0.785. The van der Waals surface area contributed by atoms with E-state index in [1.54, 1.807) is 0 Å². The number of rotatable bonds is 6. The molecule has 7 nitrogen and oxygen atoms in total. The lowest BCUT2D eigenvalue weighted by Gasteiger charge is -2.23. The molecule has 0 bridgehead atoms. The highest BCUT2D eigenvalue weighted by Crippen LogP contribution is 2.22. The summed E-state index contributed by atoms with van der Waals surface area (Å²) >= 11 is 0. The standard InChI is InChI=1S/C15H23N3O4S/c1-3-18-8-4-5-11(18)10-17-15(19)13-9-12(23(16,20)21)6-7-14(13)22-2/h6-7,9,11H,3-5,8,10H2,1-2H3,(H,17,19)(H2,16,20,21)/t11-/m0/s1/i2D3. The second-order valence-electron chi connectivity index (χ2n) is 5.44. The third-order valence-corrected chi connectivity index (χ3v) is 4.95. The minimum atomic E-state index is -4.05. The first-order chi connectivity index (χ1) is 12.0. The van der Waals surface area contributed by atoms with E-state index in [2.05, 4.69) is 10.2 Å². The van der Waals surface area contributed by atoms with Crippen LogP contribution in [-0.4, -0.2) is 51.9 Å². The Bertz CT molecular complexity index is 768. The fraction of sp³-hybridized carbons (Fsp3) is 0.533. The van der Waals surface area contributed by atoms with Crippen molar-refractivity contribution in [3.8, 4) is 5.75 Å². The molecular weight excluding hydrogens is 318 g/mol. The highest BCUT2D eigenvalue weighted by Gasteiger charge is 2.24. The van der Waals surface area contributed by atoms with Gasteiger partial charge in [0.05, 0.1) is 21.6 Å². The number of nitrogens with zero attached hydrogens (tertiary/aromatic N) is 1. The van der Waals surface area contributed by atoms with Crippen molar-refractivity contribution in [2.45, 2.75) is 30.7 Å².